The average Bonchev–Trinajstić information content (AvgIpc) is 3.03. The van der Waals surface area contributed by atoms with E-state index < -0.39 is 0 Å². The van der Waals surface area contributed by atoms with E-state index in [0.717, 1.165) is 26.2 Å². The molecule has 150 valence electrons. The van der Waals surface area contributed by atoms with Crippen molar-refractivity contribution in [1.29, 1.82) is 0 Å². The fraction of sp³-hybridized carbons (Fsp3) is 0.318. The van der Waals surface area contributed by atoms with E-state index in [9.17, 15) is 14.4 Å². The predicted molar refractivity (Wildman–Crippen MR) is 111 cm³/mol. The number of piperazine rings is 1. The van der Waals surface area contributed by atoms with Crippen LogP contribution in [0.25, 0.3) is 0 Å². The van der Waals surface area contributed by atoms with E-state index in [1.165, 1.54) is 22.4 Å². The van der Waals surface area contributed by atoms with E-state index >= 15 is 0 Å². The maximum absolute atomic E-state index is 13.0. The van der Waals surface area contributed by atoms with Crippen molar-refractivity contribution in [2.24, 2.45) is 0 Å². The second-order valence-corrected chi connectivity index (χ2v) is 7.53. The van der Waals surface area contributed by atoms with Crippen molar-refractivity contribution >= 4 is 34.8 Å². The first kappa shape index (κ1) is 19.1. The number of amides is 3. The first-order valence-electron chi connectivity index (χ1n) is 9.92. The van der Waals surface area contributed by atoms with Gasteiger partial charge in [-0.1, -0.05) is 18.2 Å². The Bertz CT molecular complexity index is 905. The van der Waals surface area contributed by atoms with Crippen molar-refractivity contribution < 1.29 is 19.3 Å². The molecule has 3 amide bonds. The van der Waals surface area contributed by atoms with Crippen LogP contribution >= 0.6 is 0 Å². The minimum Gasteiger partial charge on any atom is -0.360 e. The van der Waals surface area contributed by atoms with Gasteiger partial charge in [0.25, 0.3) is 5.91 Å². The number of carbonyl (C=O) groups is 3. The number of quaternary nitrogens is 1. The minimum atomic E-state index is -0.324. The highest BCUT2D eigenvalue weighted by atomic mass is 16.2. The molecule has 0 aliphatic carbocycles. The van der Waals surface area contributed by atoms with Crippen LogP contribution in [0.15, 0.2) is 54.6 Å². The van der Waals surface area contributed by atoms with Crippen LogP contribution in [-0.4, -0.2) is 49.9 Å². The number of benzene rings is 2. The molecule has 29 heavy (non-hydrogen) atoms. The summed E-state index contributed by atoms with van der Waals surface area (Å²) in [5.74, 6) is -0.458. The zero-order valence-electron chi connectivity index (χ0n) is 16.4. The van der Waals surface area contributed by atoms with Crippen LogP contribution in [-0.2, 0) is 14.4 Å². The van der Waals surface area contributed by atoms with Crippen LogP contribution in [0.5, 0.6) is 0 Å². The molecule has 0 aromatic heterocycles. The number of para-hydroxylation sites is 1. The van der Waals surface area contributed by atoms with E-state index in [4.69, 9.17) is 0 Å². The number of nitrogens with one attached hydrogen (secondary N) is 2. The van der Waals surface area contributed by atoms with Gasteiger partial charge in [0, 0.05) is 18.3 Å². The molecule has 1 atom stereocenters. The van der Waals surface area contributed by atoms with Gasteiger partial charge >= 0.3 is 0 Å². The number of hydrogen-bond donors (Lipinski definition) is 2. The fourth-order valence-electron chi connectivity index (χ4n) is 4.16. The van der Waals surface area contributed by atoms with Crippen LogP contribution < -0.4 is 20.0 Å². The van der Waals surface area contributed by atoms with Crippen molar-refractivity contribution in [2.45, 2.75) is 19.4 Å². The van der Waals surface area contributed by atoms with Gasteiger partial charge in [0.1, 0.15) is 0 Å². The topological polar surface area (TPSA) is 74.2 Å². The largest absolute Gasteiger partial charge is 0.360 e. The second-order valence-electron chi connectivity index (χ2n) is 7.53. The van der Waals surface area contributed by atoms with Gasteiger partial charge in [0.2, 0.25) is 11.8 Å². The molecule has 2 fully saturated rings. The normalized spacial score (nSPS) is 20.2. The van der Waals surface area contributed by atoms with Crippen LogP contribution in [0.3, 0.4) is 0 Å². The van der Waals surface area contributed by atoms with Crippen molar-refractivity contribution in [3.05, 3.63) is 54.6 Å². The zero-order chi connectivity index (χ0) is 20.4. The number of hydrogen-bond acceptors (Lipinski definition) is 4. The molecule has 0 radical (unpaired) electrons. The van der Waals surface area contributed by atoms with Gasteiger partial charge in [-0.3, -0.25) is 14.4 Å². The number of imide groups is 1. The summed E-state index contributed by atoms with van der Waals surface area (Å²) in [6, 6.07) is 16.8. The van der Waals surface area contributed by atoms with Crippen LogP contribution in [0.1, 0.15) is 13.3 Å². The van der Waals surface area contributed by atoms with Gasteiger partial charge in [-0.05, 0) is 36.4 Å². The molecule has 0 unspecified atom stereocenters. The van der Waals surface area contributed by atoms with E-state index in [-0.39, 0.29) is 30.2 Å². The van der Waals surface area contributed by atoms with Gasteiger partial charge in [0.15, 0.2) is 6.04 Å². The first-order chi connectivity index (χ1) is 14.0. The standard InChI is InChI=1S/C22H24N4O3/c1-16(27)23-17-7-9-19(10-8-17)26-21(28)15-20(22(26)29)25-13-11-24(12-14-25)18-5-3-2-4-6-18/h2-10,20H,11-15H2,1H3,(H,23,27)/p+1/t20-/m1/s1. The van der Waals surface area contributed by atoms with Crippen molar-refractivity contribution in [3.8, 4) is 0 Å². The highest BCUT2D eigenvalue weighted by Crippen LogP contribution is 2.24. The molecular weight excluding hydrogens is 368 g/mol. The molecule has 2 aliphatic heterocycles. The van der Waals surface area contributed by atoms with Crippen molar-refractivity contribution in [2.75, 3.05) is 41.3 Å². The van der Waals surface area contributed by atoms with E-state index in [1.807, 2.05) is 18.2 Å². The lowest BCUT2D eigenvalue weighted by Gasteiger charge is -2.35. The zero-order valence-corrected chi connectivity index (χ0v) is 16.4. The van der Waals surface area contributed by atoms with E-state index in [1.54, 1.807) is 24.3 Å². The summed E-state index contributed by atoms with van der Waals surface area (Å²) < 4.78 is 0. The molecule has 2 saturated heterocycles. The molecule has 7 heteroatoms. The maximum atomic E-state index is 13.0. The summed E-state index contributed by atoms with van der Waals surface area (Å²) in [7, 11) is 0. The summed E-state index contributed by atoms with van der Waals surface area (Å²) >= 11 is 0. The molecule has 2 aromatic rings. The van der Waals surface area contributed by atoms with Crippen LogP contribution in [0.2, 0.25) is 0 Å². The first-order valence-corrected chi connectivity index (χ1v) is 9.92. The highest BCUT2D eigenvalue weighted by molar-refractivity contribution is 6.21. The third kappa shape index (κ3) is 4.00. The molecular formula is C22H25N4O3+. The number of carbonyl (C=O) groups excluding carboxylic acids is 3. The Labute approximate surface area is 169 Å². The summed E-state index contributed by atoms with van der Waals surface area (Å²) in [6.07, 6.45) is 0.243. The summed E-state index contributed by atoms with van der Waals surface area (Å²) in [5.41, 5.74) is 2.39. The van der Waals surface area contributed by atoms with Crippen molar-refractivity contribution in [3.63, 3.8) is 0 Å². The Morgan fingerprint density at radius 2 is 1.62 bits per heavy atom. The Kier molecular flexibility index (Phi) is 5.31. The van der Waals surface area contributed by atoms with Gasteiger partial charge < -0.3 is 15.1 Å². The number of nitrogens with zero attached hydrogens (tertiary/aromatic N) is 2. The highest BCUT2D eigenvalue weighted by Gasteiger charge is 2.46. The minimum absolute atomic E-state index is 0.134. The summed E-state index contributed by atoms with van der Waals surface area (Å²) in [4.78, 5) is 41.6. The van der Waals surface area contributed by atoms with Crippen LogP contribution in [0.4, 0.5) is 17.1 Å². The molecule has 0 saturated carbocycles. The lowest BCUT2D eigenvalue weighted by molar-refractivity contribution is -0.915. The molecule has 0 spiro atoms. The van der Waals surface area contributed by atoms with E-state index in [0.29, 0.717) is 11.4 Å². The average molecular weight is 393 g/mol. The van der Waals surface area contributed by atoms with Gasteiger partial charge in [-0.2, -0.15) is 0 Å². The molecule has 2 heterocycles. The number of rotatable bonds is 4. The maximum Gasteiger partial charge on any atom is 0.292 e. The summed E-state index contributed by atoms with van der Waals surface area (Å²) in [5, 5.41) is 2.69. The Morgan fingerprint density at radius 3 is 2.24 bits per heavy atom. The van der Waals surface area contributed by atoms with Crippen LogP contribution in [0, 0.1) is 0 Å². The second kappa shape index (κ2) is 8.05. The molecule has 2 aromatic carbocycles. The van der Waals surface area contributed by atoms with Crippen molar-refractivity contribution in [1.82, 2.24) is 0 Å². The molecule has 2 N–H and O–H groups in total. The van der Waals surface area contributed by atoms with E-state index in [2.05, 4.69) is 22.3 Å². The van der Waals surface area contributed by atoms with Gasteiger partial charge in [-0.25, -0.2) is 4.90 Å². The Balaban J connectivity index is 1.41. The summed E-state index contributed by atoms with van der Waals surface area (Å²) in [6.45, 7) is 4.82. The molecule has 2 aliphatic rings. The smallest absolute Gasteiger partial charge is 0.292 e. The number of anilines is 3. The third-order valence-electron chi connectivity index (χ3n) is 5.61. The predicted octanol–water partition coefficient (Wildman–Crippen LogP) is 0.682. The monoisotopic (exact) mass is 393 g/mol. The third-order valence-corrected chi connectivity index (χ3v) is 5.61. The SMILES string of the molecule is CC(=O)Nc1ccc(N2C(=O)C[C@@H]([NH+]3CCN(c4ccccc4)CC3)C2=O)cc1. The lowest BCUT2D eigenvalue weighted by atomic mass is 10.1. The lowest BCUT2D eigenvalue weighted by Crippen LogP contribution is -3.19. The fourth-order valence-corrected chi connectivity index (χ4v) is 4.16. The Morgan fingerprint density at radius 1 is 0.966 bits per heavy atom. The molecule has 0 bridgehead atoms. The Hall–Kier alpha value is -3.19. The molecule has 4 rings (SSSR count). The quantitative estimate of drug-likeness (QED) is 0.750. The van der Waals surface area contributed by atoms with Gasteiger partial charge in [0.05, 0.1) is 38.3 Å². The van der Waals surface area contributed by atoms with Gasteiger partial charge in [-0.15, -0.1) is 0 Å². The molecule has 7 nitrogen and oxygen atoms in total.